The summed E-state index contributed by atoms with van der Waals surface area (Å²) in [5, 5.41) is 18.6. The molecule has 1 aromatic heterocycles. The highest BCUT2D eigenvalue weighted by molar-refractivity contribution is 7.98. The van der Waals surface area contributed by atoms with Gasteiger partial charge in [-0.2, -0.15) is 23.5 Å². The Kier molecular flexibility index (Phi) is 13.8. The smallest absolute Gasteiger partial charge is 0.326 e. The normalized spacial score (nSPS) is 14.1. The Labute approximate surface area is 241 Å². The van der Waals surface area contributed by atoms with Gasteiger partial charge in [0.25, 0.3) is 0 Å². The van der Waals surface area contributed by atoms with Crippen LogP contribution in [0, 0.1) is 0 Å². The fourth-order valence-corrected chi connectivity index (χ4v) is 4.92. The zero-order valence-corrected chi connectivity index (χ0v) is 24.2. The largest absolute Gasteiger partial charge is 0.480 e. The third kappa shape index (κ3) is 10.4. The van der Waals surface area contributed by atoms with Gasteiger partial charge in [-0.3, -0.25) is 19.2 Å². The molecule has 0 saturated carbocycles. The molecule has 0 aliphatic rings. The van der Waals surface area contributed by atoms with Gasteiger partial charge in [-0.05, 0) is 54.9 Å². The van der Waals surface area contributed by atoms with Gasteiger partial charge in [-0.15, -0.1) is 0 Å². The fraction of sp³-hybridized carbons (Fsp3) is 0.500. The number of carbonyl (C=O) groups excluding carboxylic acids is 4. The molecule has 0 saturated heterocycles. The topological polar surface area (TPSA) is 209 Å². The van der Waals surface area contributed by atoms with E-state index in [0.29, 0.717) is 11.5 Å². The Morgan fingerprint density at radius 1 is 0.875 bits per heavy atom. The van der Waals surface area contributed by atoms with Crippen molar-refractivity contribution >= 4 is 64.0 Å². The lowest BCUT2D eigenvalue weighted by Gasteiger charge is -2.25. The van der Waals surface area contributed by atoms with Crippen LogP contribution in [0.3, 0.4) is 0 Å². The minimum atomic E-state index is -1.23. The van der Waals surface area contributed by atoms with Crippen molar-refractivity contribution in [2.24, 2.45) is 11.5 Å². The number of carbonyl (C=O) groups is 5. The lowest BCUT2D eigenvalue weighted by molar-refractivity contribution is -0.142. The molecule has 4 atom stereocenters. The molecule has 9 N–H and O–H groups in total. The number of carboxylic acids is 1. The van der Waals surface area contributed by atoms with E-state index < -0.39 is 53.8 Å². The molecule has 0 spiro atoms. The van der Waals surface area contributed by atoms with Gasteiger partial charge in [0, 0.05) is 29.9 Å². The second kappa shape index (κ2) is 16.8. The van der Waals surface area contributed by atoms with Crippen molar-refractivity contribution in [3.8, 4) is 0 Å². The number of para-hydroxylation sites is 1. The third-order valence-electron chi connectivity index (χ3n) is 6.24. The standard InChI is InChI=1S/C26H38N6O6S2/c1-39-11-9-19(30-23(34)17(27)7-8-22(28)33)24(35)31-20(10-12-40-2)25(36)32-21(26(37)38)13-15-14-29-18-6-4-3-5-16(15)18/h3-6,14,17,19-21,29H,7-13,27H2,1-2H3,(H2,28,33)(H,30,34)(H,31,35)(H,32,36)(H,37,38). The first-order chi connectivity index (χ1) is 19.1. The molecule has 1 heterocycles. The Morgan fingerprint density at radius 3 is 1.98 bits per heavy atom. The predicted octanol–water partition coefficient (Wildman–Crippen LogP) is 0.348. The van der Waals surface area contributed by atoms with Crippen molar-refractivity contribution < 1.29 is 29.1 Å². The summed E-state index contributed by atoms with van der Waals surface area (Å²) in [5.74, 6) is -2.56. The summed E-state index contributed by atoms with van der Waals surface area (Å²) in [6.45, 7) is 0. The molecule has 14 heteroatoms. The van der Waals surface area contributed by atoms with E-state index in [9.17, 15) is 29.1 Å². The van der Waals surface area contributed by atoms with Crippen LogP contribution in [0.4, 0.5) is 0 Å². The number of aromatic amines is 1. The summed E-state index contributed by atoms with van der Waals surface area (Å²) in [6.07, 6.45) is 5.94. The molecular weight excluding hydrogens is 556 g/mol. The molecule has 4 unspecified atom stereocenters. The number of nitrogens with two attached hydrogens (primary N) is 2. The van der Waals surface area contributed by atoms with Crippen molar-refractivity contribution in [1.29, 1.82) is 0 Å². The second-order valence-electron chi connectivity index (χ2n) is 9.26. The number of rotatable bonds is 18. The number of hydrogen-bond acceptors (Lipinski definition) is 8. The van der Waals surface area contributed by atoms with E-state index in [2.05, 4.69) is 20.9 Å². The molecule has 0 bridgehead atoms. The van der Waals surface area contributed by atoms with Gasteiger partial charge < -0.3 is 37.5 Å². The first kappa shape index (κ1) is 33.0. The number of amides is 4. The highest BCUT2D eigenvalue weighted by Gasteiger charge is 2.30. The minimum Gasteiger partial charge on any atom is -0.480 e. The Balaban J connectivity index is 2.13. The SMILES string of the molecule is CSCCC(NC(=O)C(N)CCC(N)=O)C(=O)NC(CCSC)C(=O)NC(Cc1c[nH]c2ccccc12)C(=O)O. The van der Waals surface area contributed by atoms with Gasteiger partial charge in [-0.1, -0.05) is 18.2 Å². The van der Waals surface area contributed by atoms with Gasteiger partial charge in [0.2, 0.25) is 23.6 Å². The molecular formula is C26H38N6O6S2. The molecule has 1 aromatic carbocycles. The number of primary amides is 1. The summed E-state index contributed by atoms with van der Waals surface area (Å²) in [4.78, 5) is 65.2. The first-order valence-corrected chi connectivity index (χ1v) is 15.6. The summed E-state index contributed by atoms with van der Waals surface area (Å²) in [7, 11) is 0. The Bertz CT molecular complexity index is 1180. The number of aromatic nitrogens is 1. The van der Waals surface area contributed by atoms with Crippen LogP contribution in [0.1, 0.15) is 31.2 Å². The zero-order chi connectivity index (χ0) is 29.7. The van der Waals surface area contributed by atoms with E-state index in [-0.39, 0.29) is 32.1 Å². The van der Waals surface area contributed by atoms with Crippen LogP contribution in [-0.4, -0.2) is 87.9 Å². The average Bonchev–Trinajstić information content (AvgIpc) is 3.33. The number of benzene rings is 1. The van der Waals surface area contributed by atoms with Gasteiger partial charge >= 0.3 is 5.97 Å². The maximum atomic E-state index is 13.2. The molecule has 2 rings (SSSR count). The lowest BCUT2D eigenvalue weighted by Crippen LogP contribution is -2.57. The summed E-state index contributed by atoms with van der Waals surface area (Å²) >= 11 is 2.95. The average molecular weight is 595 g/mol. The zero-order valence-electron chi connectivity index (χ0n) is 22.6. The number of nitrogens with one attached hydrogen (secondary N) is 4. The molecule has 0 aliphatic carbocycles. The molecule has 40 heavy (non-hydrogen) atoms. The monoisotopic (exact) mass is 594 g/mol. The third-order valence-corrected chi connectivity index (χ3v) is 7.53. The minimum absolute atomic E-state index is 0.0315. The quantitative estimate of drug-likeness (QED) is 0.127. The molecule has 12 nitrogen and oxygen atoms in total. The van der Waals surface area contributed by atoms with Gasteiger partial charge in [0.15, 0.2) is 0 Å². The van der Waals surface area contributed by atoms with Crippen LogP contribution in [0.15, 0.2) is 30.5 Å². The number of carboxylic acid groups (broad SMARTS) is 1. The van der Waals surface area contributed by atoms with E-state index in [0.717, 1.165) is 16.5 Å². The fourth-order valence-electron chi connectivity index (χ4n) is 3.98. The summed E-state index contributed by atoms with van der Waals surface area (Å²) in [6, 6.07) is 3.18. The first-order valence-electron chi connectivity index (χ1n) is 12.8. The van der Waals surface area contributed by atoms with Crippen LogP contribution in [-0.2, 0) is 30.4 Å². The maximum Gasteiger partial charge on any atom is 0.326 e. The molecule has 4 amide bonds. The molecule has 220 valence electrons. The van der Waals surface area contributed by atoms with Gasteiger partial charge in [0.1, 0.15) is 18.1 Å². The van der Waals surface area contributed by atoms with E-state index >= 15 is 0 Å². The van der Waals surface area contributed by atoms with Gasteiger partial charge in [0.05, 0.1) is 6.04 Å². The lowest BCUT2D eigenvalue weighted by atomic mass is 10.0. The van der Waals surface area contributed by atoms with Crippen LogP contribution in [0.5, 0.6) is 0 Å². The molecule has 2 aromatic rings. The molecule has 0 fully saturated rings. The number of fused-ring (bicyclic) bond motifs is 1. The molecule has 0 radical (unpaired) electrons. The number of hydrogen-bond donors (Lipinski definition) is 7. The van der Waals surface area contributed by atoms with Crippen molar-refractivity contribution in [1.82, 2.24) is 20.9 Å². The summed E-state index contributed by atoms with van der Waals surface area (Å²) < 4.78 is 0. The molecule has 0 aliphatic heterocycles. The number of H-pyrrole nitrogens is 1. The van der Waals surface area contributed by atoms with Crippen LogP contribution in [0.25, 0.3) is 10.9 Å². The van der Waals surface area contributed by atoms with E-state index in [1.54, 1.807) is 6.20 Å². The number of aliphatic carboxylic acids is 1. The van der Waals surface area contributed by atoms with Crippen LogP contribution in [0.2, 0.25) is 0 Å². The summed E-state index contributed by atoms with van der Waals surface area (Å²) in [5.41, 5.74) is 12.6. The van der Waals surface area contributed by atoms with Crippen molar-refractivity contribution in [2.75, 3.05) is 24.0 Å². The Morgan fingerprint density at radius 2 is 1.43 bits per heavy atom. The second-order valence-corrected chi connectivity index (χ2v) is 11.2. The highest BCUT2D eigenvalue weighted by atomic mass is 32.2. The van der Waals surface area contributed by atoms with Crippen LogP contribution >= 0.6 is 23.5 Å². The van der Waals surface area contributed by atoms with Crippen LogP contribution < -0.4 is 27.4 Å². The maximum absolute atomic E-state index is 13.2. The number of thioether (sulfide) groups is 2. The van der Waals surface area contributed by atoms with Gasteiger partial charge in [-0.25, -0.2) is 4.79 Å². The predicted molar refractivity (Wildman–Crippen MR) is 158 cm³/mol. The van der Waals surface area contributed by atoms with E-state index in [4.69, 9.17) is 11.5 Å². The van der Waals surface area contributed by atoms with Crippen molar-refractivity contribution in [3.05, 3.63) is 36.0 Å². The van der Waals surface area contributed by atoms with E-state index in [1.807, 2.05) is 36.8 Å². The highest BCUT2D eigenvalue weighted by Crippen LogP contribution is 2.19. The van der Waals surface area contributed by atoms with Crippen molar-refractivity contribution in [3.63, 3.8) is 0 Å². The Hall–Kier alpha value is -3.23. The van der Waals surface area contributed by atoms with E-state index in [1.165, 1.54) is 23.5 Å². The van der Waals surface area contributed by atoms with Crippen molar-refractivity contribution in [2.45, 2.75) is 56.3 Å².